The molecule has 1 N–H and O–H groups in total. The summed E-state index contributed by atoms with van der Waals surface area (Å²) in [6, 6.07) is 2.16. The van der Waals surface area contributed by atoms with Gasteiger partial charge in [0.1, 0.15) is 10.9 Å². The van der Waals surface area contributed by atoms with E-state index in [1.165, 1.54) is 4.88 Å². The number of thiophene rings is 1. The van der Waals surface area contributed by atoms with Crippen molar-refractivity contribution in [2.75, 3.05) is 25.1 Å². The summed E-state index contributed by atoms with van der Waals surface area (Å²) in [4.78, 5) is 11.4. The molecule has 21 heavy (non-hydrogen) atoms. The zero-order chi connectivity index (χ0) is 14.7. The molecule has 3 heterocycles. The molecular weight excluding hydrogens is 286 g/mol. The average Bonchev–Trinajstić information content (AvgIpc) is 2.92. The van der Waals surface area contributed by atoms with E-state index in [0.717, 1.165) is 49.2 Å². The van der Waals surface area contributed by atoms with Crippen LogP contribution in [0.15, 0.2) is 6.07 Å². The maximum Gasteiger partial charge on any atom is 0.227 e. The number of nitrogens with one attached hydrogen (secondary N) is 1. The minimum atomic E-state index is 0.191. The third-order valence-corrected chi connectivity index (χ3v) is 4.71. The fourth-order valence-corrected chi connectivity index (χ4v) is 3.36. The van der Waals surface area contributed by atoms with E-state index in [-0.39, 0.29) is 6.10 Å². The van der Waals surface area contributed by atoms with Gasteiger partial charge in [-0.25, -0.2) is 4.98 Å². The predicted molar refractivity (Wildman–Crippen MR) is 85.4 cm³/mol. The van der Waals surface area contributed by atoms with Gasteiger partial charge in [-0.1, -0.05) is 6.92 Å². The van der Waals surface area contributed by atoms with Crippen molar-refractivity contribution in [3.8, 4) is 5.88 Å². The van der Waals surface area contributed by atoms with Crippen molar-refractivity contribution in [1.82, 2.24) is 9.97 Å². The first-order valence-corrected chi connectivity index (χ1v) is 8.40. The Morgan fingerprint density at radius 2 is 2.14 bits per heavy atom. The van der Waals surface area contributed by atoms with Crippen molar-refractivity contribution in [3.63, 3.8) is 0 Å². The molecular formula is C15H21N3O2S. The van der Waals surface area contributed by atoms with Crippen LogP contribution in [0, 0.1) is 0 Å². The molecule has 3 rings (SSSR count). The van der Waals surface area contributed by atoms with Crippen LogP contribution in [-0.4, -0.2) is 35.8 Å². The monoisotopic (exact) mass is 307 g/mol. The number of aryl methyl sites for hydroxylation is 1. The summed E-state index contributed by atoms with van der Waals surface area (Å²) >= 11 is 1.72. The number of hydrogen-bond donors (Lipinski definition) is 1. The quantitative estimate of drug-likeness (QED) is 0.919. The molecule has 6 heteroatoms. The first-order chi connectivity index (χ1) is 10.3. The lowest BCUT2D eigenvalue weighted by Gasteiger charge is -2.23. The Labute approximate surface area is 128 Å². The molecule has 1 fully saturated rings. The standard InChI is InChI=1S/C15H21N3O2S/c1-3-11-9-12-13(20-10-5-7-19-8-6-10)17-15(16-4-2)18-14(12)21-11/h9-10H,3-8H2,1-2H3,(H,16,17,18). The number of nitrogens with zero attached hydrogens (tertiary/aromatic N) is 2. The van der Waals surface area contributed by atoms with E-state index >= 15 is 0 Å². The lowest BCUT2D eigenvalue weighted by molar-refractivity contribution is 0.0244. The topological polar surface area (TPSA) is 56.3 Å². The van der Waals surface area contributed by atoms with E-state index in [1.54, 1.807) is 11.3 Å². The zero-order valence-corrected chi connectivity index (χ0v) is 13.3. The molecule has 0 saturated carbocycles. The van der Waals surface area contributed by atoms with E-state index in [1.807, 2.05) is 6.92 Å². The molecule has 0 bridgehead atoms. The predicted octanol–water partition coefficient (Wildman–Crippen LogP) is 3.24. The Balaban J connectivity index is 1.94. The number of rotatable bonds is 5. The van der Waals surface area contributed by atoms with Crippen LogP contribution >= 0.6 is 11.3 Å². The average molecular weight is 307 g/mol. The van der Waals surface area contributed by atoms with Gasteiger partial charge < -0.3 is 14.8 Å². The second-order valence-electron chi connectivity index (χ2n) is 5.10. The van der Waals surface area contributed by atoms with Crippen molar-refractivity contribution in [2.24, 2.45) is 0 Å². The molecule has 0 aliphatic carbocycles. The Hall–Kier alpha value is -1.40. The summed E-state index contributed by atoms with van der Waals surface area (Å²) in [5, 5.41) is 4.22. The van der Waals surface area contributed by atoms with E-state index in [9.17, 15) is 0 Å². The summed E-state index contributed by atoms with van der Waals surface area (Å²) in [6.45, 7) is 6.53. The van der Waals surface area contributed by atoms with Crippen molar-refractivity contribution in [2.45, 2.75) is 39.2 Å². The van der Waals surface area contributed by atoms with Gasteiger partial charge >= 0.3 is 0 Å². The highest BCUT2D eigenvalue weighted by Gasteiger charge is 2.19. The summed E-state index contributed by atoms with van der Waals surface area (Å²) in [7, 11) is 0. The second kappa shape index (κ2) is 6.58. The third kappa shape index (κ3) is 3.27. The first kappa shape index (κ1) is 14.5. The van der Waals surface area contributed by atoms with Gasteiger partial charge in [0.2, 0.25) is 11.8 Å². The highest BCUT2D eigenvalue weighted by Crippen LogP contribution is 2.33. The van der Waals surface area contributed by atoms with Crippen molar-refractivity contribution < 1.29 is 9.47 Å². The number of anilines is 1. The normalized spacial score (nSPS) is 16.3. The molecule has 0 aromatic carbocycles. The third-order valence-electron chi connectivity index (χ3n) is 3.54. The minimum Gasteiger partial charge on any atom is -0.474 e. The SMILES string of the molecule is CCNc1nc(OC2CCOCC2)c2cc(CC)sc2n1. The smallest absolute Gasteiger partial charge is 0.227 e. The van der Waals surface area contributed by atoms with Gasteiger partial charge in [-0.05, 0) is 19.4 Å². The van der Waals surface area contributed by atoms with E-state index in [2.05, 4.69) is 28.3 Å². The molecule has 0 atom stereocenters. The zero-order valence-electron chi connectivity index (χ0n) is 12.5. The molecule has 114 valence electrons. The first-order valence-electron chi connectivity index (χ1n) is 7.59. The lowest BCUT2D eigenvalue weighted by Crippen LogP contribution is -2.26. The van der Waals surface area contributed by atoms with Gasteiger partial charge in [-0.15, -0.1) is 11.3 Å². The second-order valence-corrected chi connectivity index (χ2v) is 6.21. The van der Waals surface area contributed by atoms with Gasteiger partial charge in [-0.2, -0.15) is 4.98 Å². The number of hydrogen-bond acceptors (Lipinski definition) is 6. The van der Waals surface area contributed by atoms with Crippen LogP contribution in [0.5, 0.6) is 5.88 Å². The number of aromatic nitrogens is 2. The van der Waals surface area contributed by atoms with Gasteiger partial charge in [0.25, 0.3) is 0 Å². The number of ether oxygens (including phenoxy) is 2. The lowest BCUT2D eigenvalue weighted by atomic mass is 10.1. The summed E-state index contributed by atoms with van der Waals surface area (Å²) < 4.78 is 11.5. The molecule has 1 aliphatic rings. The summed E-state index contributed by atoms with van der Waals surface area (Å²) in [5.41, 5.74) is 0. The molecule has 5 nitrogen and oxygen atoms in total. The molecule has 0 radical (unpaired) electrons. The van der Waals surface area contributed by atoms with Gasteiger partial charge in [0.15, 0.2) is 0 Å². The largest absolute Gasteiger partial charge is 0.474 e. The van der Waals surface area contributed by atoms with Crippen LogP contribution in [-0.2, 0) is 11.2 Å². The van der Waals surface area contributed by atoms with Crippen molar-refractivity contribution >= 4 is 27.5 Å². The molecule has 2 aromatic rings. The van der Waals surface area contributed by atoms with E-state index < -0.39 is 0 Å². The molecule has 1 saturated heterocycles. The number of fused-ring (bicyclic) bond motifs is 1. The Morgan fingerprint density at radius 3 is 2.86 bits per heavy atom. The van der Waals surface area contributed by atoms with Crippen LogP contribution < -0.4 is 10.1 Å². The molecule has 0 unspecified atom stereocenters. The Kier molecular flexibility index (Phi) is 4.55. The van der Waals surface area contributed by atoms with Gasteiger partial charge in [0.05, 0.1) is 18.6 Å². The fourth-order valence-electron chi connectivity index (χ4n) is 2.40. The van der Waals surface area contributed by atoms with Crippen LogP contribution in [0.1, 0.15) is 31.6 Å². The van der Waals surface area contributed by atoms with Crippen molar-refractivity contribution in [3.05, 3.63) is 10.9 Å². The summed E-state index contributed by atoms with van der Waals surface area (Å²) in [6.07, 6.45) is 3.05. The van der Waals surface area contributed by atoms with Gasteiger partial charge in [0, 0.05) is 24.3 Å². The fraction of sp³-hybridized carbons (Fsp3) is 0.600. The molecule has 0 spiro atoms. The molecule has 0 amide bonds. The Bertz CT molecular complexity index is 608. The summed E-state index contributed by atoms with van der Waals surface area (Å²) in [5.74, 6) is 1.36. The molecule has 2 aromatic heterocycles. The van der Waals surface area contributed by atoms with Crippen LogP contribution in [0.25, 0.3) is 10.2 Å². The minimum absolute atomic E-state index is 0.191. The maximum atomic E-state index is 6.15. The Morgan fingerprint density at radius 1 is 1.33 bits per heavy atom. The molecule has 1 aliphatic heterocycles. The highest BCUT2D eigenvalue weighted by atomic mass is 32.1. The van der Waals surface area contributed by atoms with Crippen LogP contribution in [0.3, 0.4) is 0 Å². The van der Waals surface area contributed by atoms with Crippen molar-refractivity contribution in [1.29, 1.82) is 0 Å². The van der Waals surface area contributed by atoms with Crippen LogP contribution in [0.4, 0.5) is 5.95 Å². The van der Waals surface area contributed by atoms with Crippen LogP contribution in [0.2, 0.25) is 0 Å². The van der Waals surface area contributed by atoms with Gasteiger partial charge in [-0.3, -0.25) is 0 Å². The van der Waals surface area contributed by atoms with E-state index in [0.29, 0.717) is 11.8 Å². The maximum absolute atomic E-state index is 6.15. The highest BCUT2D eigenvalue weighted by molar-refractivity contribution is 7.18. The van der Waals surface area contributed by atoms with E-state index in [4.69, 9.17) is 9.47 Å².